The zero-order valence-electron chi connectivity index (χ0n) is 11.2. The van der Waals surface area contributed by atoms with Crippen LogP contribution in [0.3, 0.4) is 0 Å². The van der Waals surface area contributed by atoms with Crippen LogP contribution in [-0.2, 0) is 6.42 Å². The van der Waals surface area contributed by atoms with Gasteiger partial charge in [-0.25, -0.2) is 4.39 Å². The molecule has 0 aliphatic heterocycles. The van der Waals surface area contributed by atoms with Crippen LogP contribution in [0.15, 0.2) is 46.9 Å². The van der Waals surface area contributed by atoms with E-state index in [1.54, 1.807) is 30.3 Å². The van der Waals surface area contributed by atoms with Crippen LogP contribution in [0.1, 0.15) is 5.56 Å². The summed E-state index contributed by atoms with van der Waals surface area (Å²) in [5.74, 6) is 5.95. The number of halogens is 3. The van der Waals surface area contributed by atoms with Crippen molar-refractivity contribution in [3.63, 3.8) is 0 Å². The van der Waals surface area contributed by atoms with Gasteiger partial charge in [0.1, 0.15) is 18.2 Å². The van der Waals surface area contributed by atoms with E-state index >= 15 is 0 Å². The van der Waals surface area contributed by atoms with Crippen molar-refractivity contribution in [2.45, 2.75) is 12.5 Å². The third-order valence-corrected chi connectivity index (χ3v) is 4.14. The molecule has 3 nitrogen and oxygen atoms in total. The Balaban J connectivity index is 1.97. The van der Waals surface area contributed by atoms with Gasteiger partial charge >= 0.3 is 0 Å². The largest absolute Gasteiger partial charge is 0.492 e. The Morgan fingerprint density at radius 2 is 1.95 bits per heavy atom. The molecule has 0 radical (unpaired) electrons. The molecular weight excluding hydrogens is 359 g/mol. The molecule has 21 heavy (non-hydrogen) atoms. The minimum atomic E-state index is -0.290. The second-order valence-corrected chi connectivity index (χ2v) is 5.78. The maximum atomic E-state index is 13.5. The van der Waals surface area contributed by atoms with Crippen LogP contribution in [0, 0.1) is 5.82 Å². The topological polar surface area (TPSA) is 47.3 Å². The molecule has 2 aromatic rings. The number of hydrogen-bond donors (Lipinski definition) is 2. The molecule has 0 aliphatic rings. The molecule has 112 valence electrons. The number of rotatable bonds is 6. The van der Waals surface area contributed by atoms with E-state index in [2.05, 4.69) is 21.4 Å². The van der Waals surface area contributed by atoms with Gasteiger partial charge in [-0.2, -0.15) is 0 Å². The van der Waals surface area contributed by atoms with E-state index in [-0.39, 0.29) is 11.9 Å². The zero-order chi connectivity index (χ0) is 15.2. The van der Waals surface area contributed by atoms with Crippen molar-refractivity contribution in [3.8, 4) is 5.75 Å². The predicted octanol–water partition coefficient (Wildman–Crippen LogP) is 3.70. The van der Waals surface area contributed by atoms with Gasteiger partial charge < -0.3 is 4.74 Å². The van der Waals surface area contributed by atoms with E-state index < -0.39 is 0 Å². The van der Waals surface area contributed by atoms with E-state index in [4.69, 9.17) is 22.2 Å². The number of ether oxygens (including phenoxy) is 1. The van der Waals surface area contributed by atoms with Crippen LogP contribution in [0.4, 0.5) is 4.39 Å². The lowest BCUT2D eigenvalue weighted by atomic mass is 10.1. The molecule has 6 heteroatoms. The number of nitrogens with one attached hydrogen (secondary N) is 1. The molecule has 2 rings (SSSR count). The quantitative estimate of drug-likeness (QED) is 0.599. The highest BCUT2D eigenvalue weighted by Crippen LogP contribution is 2.22. The van der Waals surface area contributed by atoms with Crippen molar-refractivity contribution in [2.75, 3.05) is 6.61 Å². The molecule has 0 fully saturated rings. The maximum absolute atomic E-state index is 13.5. The molecule has 0 bridgehead atoms. The van der Waals surface area contributed by atoms with Gasteiger partial charge in [0.15, 0.2) is 0 Å². The average Bonchev–Trinajstić information content (AvgIpc) is 2.49. The lowest BCUT2D eigenvalue weighted by Crippen LogP contribution is -2.41. The summed E-state index contributed by atoms with van der Waals surface area (Å²) in [6.07, 6.45) is 0.544. The molecule has 0 saturated heterocycles. The Bertz CT molecular complexity index is 595. The predicted molar refractivity (Wildman–Crippen MR) is 85.9 cm³/mol. The van der Waals surface area contributed by atoms with Gasteiger partial charge in [-0.1, -0.05) is 23.7 Å². The summed E-state index contributed by atoms with van der Waals surface area (Å²) in [5, 5.41) is 0.652. The van der Waals surface area contributed by atoms with Gasteiger partial charge in [0.2, 0.25) is 0 Å². The Hall–Kier alpha value is -1.14. The third kappa shape index (κ3) is 4.68. The lowest BCUT2D eigenvalue weighted by molar-refractivity contribution is 0.264. The summed E-state index contributed by atoms with van der Waals surface area (Å²) in [6.45, 7) is 0.362. The van der Waals surface area contributed by atoms with Gasteiger partial charge in [0.05, 0.1) is 10.5 Å². The first-order valence-corrected chi connectivity index (χ1v) is 7.54. The molecule has 0 aliphatic carbocycles. The van der Waals surface area contributed by atoms with Gasteiger partial charge in [-0.3, -0.25) is 11.3 Å². The van der Waals surface area contributed by atoms with Crippen molar-refractivity contribution >= 4 is 27.5 Å². The number of hydrogen-bond acceptors (Lipinski definition) is 3. The van der Waals surface area contributed by atoms with Crippen LogP contribution in [0.2, 0.25) is 5.02 Å². The van der Waals surface area contributed by atoms with Crippen molar-refractivity contribution in [2.24, 2.45) is 5.84 Å². The molecule has 1 unspecified atom stereocenters. The van der Waals surface area contributed by atoms with E-state index in [1.807, 2.05) is 6.07 Å². The first-order valence-electron chi connectivity index (χ1n) is 6.37. The summed E-state index contributed by atoms with van der Waals surface area (Å²) >= 11 is 9.06. The highest BCUT2D eigenvalue weighted by molar-refractivity contribution is 9.10. The van der Waals surface area contributed by atoms with Crippen LogP contribution in [0.5, 0.6) is 5.75 Å². The fraction of sp³-hybridized carbons (Fsp3) is 0.200. The molecule has 0 heterocycles. The Morgan fingerprint density at radius 3 is 2.62 bits per heavy atom. The molecule has 0 spiro atoms. The van der Waals surface area contributed by atoms with E-state index in [0.717, 1.165) is 5.56 Å². The summed E-state index contributed by atoms with van der Waals surface area (Å²) in [6, 6.07) is 11.9. The minimum Gasteiger partial charge on any atom is -0.492 e. The molecule has 0 amide bonds. The van der Waals surface area contributed by atoms with Gasteiger partial charge in [-0.15, -0.1) is 0 Å². The fourth-order valence-electron chi connectivity index (χ4n) is 1.87. The third-order valence-electron chi connectivity index (χ3n) is 3.00. The SMILES string of the molecule is NNC(COc1ccc(Cl)cc1)Cc1cccc(F)c1Br. The second-order valence-electron chi connectivity index (χ2n) is 4.55. The zero-order valence-corrected chi connectivity index (χ0v) is 13.5. The summed E-state index contributed by atoms with van der Waals surface area (Å²) < 4.78 is 19.6. The molecule has 2 aromatic carbocycles. The van der Waals surface area contributed by atoms with Crippen molar-refractivity contribution in [1.82, 2.24) is 5.43 Å². The maximum Gasteiger partial charge on any atom is 0.137 e. The smallest absolute Gasteiger partial charge is 0.137 e. The lowest BCUT2D eigenvalue weighted by Gasteiger charge is -2.17. The Labute approximate surface area is 136 Å². The van der Waals surface area contributed by atoms with Crippen LogP contribution >= 0.6 is 27.5 Å². The summed E-state index contributed by atoms with van der Waals surface area (Å²) in [4.78, 5) is 0. The van der Waals surface area contributed by atoms with E-state index in [1.165, 1.54) is 6.07 Å². The minimum absolute atomic E-state index is 0.140. The normalized spacial score (nSPS) is 12.2. The van der Waals surface area contributed by atoms with Crippen molar-refractivity contribution in [1.29, 1.82) is 0 Å². The van der Waals surface area contributed by atoms with E-state index in [9.17, 15) is 4.39 Å². The van der Waals surface area contributed by atoms with Crippen LogP contribution in [-0.4, -0.2) is 12.6 Å². The highest BCUT2D eigenvalue weighted by Gasteiger charge is 2.13. The Morgan fingerprint density at radius 1 is 1.24 bits per heavy atom. The molecule has 3 N–H and O–H groups in total. The first kappa shape index (κ1) is 16.2. The van der Waals surface area contributed by atoms with Crippen LogP contribution in [0.25, 0.3) is 0 Å². The van der Waals surface area contributed by atoms with Crippen molar-refractivity contribution in [3.05, 3.63) is 63.3 Å². The van der Waals surface area contributed by atoms with Gasteiger partial charge in [0, 0.05) is 5.02 Å². The second kappa shape index (κ2) is 7.75. The van der Waals surface area contributed by atoms with Crippen molar-refractivity contribution < 1.29 is 9.13 Å². The average molecular weight is 374 g/mol. The summed E-state index contributed by atoms with van der Waals surface area (Å²) in [7, 11) is 0. The fourth-order valence-corrected chi connectivity index (χ4v) is 2.42. The van der Waals surface area contributed by atoms with Gasteiger partial charge in [-0.05, 0) is 58.2 Å². The first-order chi connectivity index (χ1) is 10.1. The number of benzene rings is 2. The van der Waals surface area contributed by atoms with E-state index in [0.29, 0.717) is 28.3 Å². The summed E-state index contributed by atoms with van der Waals surface area (Å²) in [5.41, 5.74) is 3.52. The van der Waals surface area contributed by atoms with Crippen LogP contribution < -0.4 is 16.0 Å². The molecule has 1 atom stereocenters. The highest BCUT2D eigenvalue weighted by atomic mass is 79.9. The van der Waals surface area contributed by atoms with Gasteiger partial charge in [0.25, 0.3) is 0 Å². The number of nitrogens with two attached hydrogens (primary N) is 1. The Kier molecular flexibility index (Phi) is 5.99. The molecule has 0 aromatic heterocycles. The molecule has 0 saturated carbocycles. The number of hydrazine groups is 1. The standard InChI is InChI=1S/C15H15BrClFN2O/c16-15-10(2-1-3-14(15)18)8-12(20-19)9-21-13-6-4-11(17)5-7-13/h1-7,12,20H,8-9,19H2. The molecular formula is C15H15BrClFN2O. The monoisotopic (exact) mass is 372 g/mol.